The maximum atomic E-state index is 5.83. The average molecular weight is 533 g/mol. The summed E-state index contributed by atoms with van der Waals surface area (Å²) in [5.74, 6) is 1.51. The van der Waals surface area contributed by atoms with Crippen LogP contribution in [0.25, 0.3) is 0 Å². The van der Waals surface area contributed by atoms with Crippen LogP contribution >= 0.6 is 24.0 Å². The van der Waals surface area contributed by atoms with Crippen LogP contribution in [0.1, 0.15) is 43.4 Å². The van der Waals surface area contributed by atoms with E-state index < -0.39 is 0 Å². The molecule has 2 N–H and O–H groups in total. The number of guanidine groups is 1. The molecule has 1 atom stereocenters. The van der Waals surface area contributed by atoms with Gasteiger partial charge in [-0.3, -0.25) is 4.99 Å². The second kappa shape index (κ2) is 15.8. The zero-order valence-corrected chi connectivity index (χ0v) is 21.5. The maximum Gasteiger partial charge on any atom is 0.191 e. The summed E-state index contributed by atoms with van der Waals surface area (Å²) in [5, 5.41) is 6.86. The van der Waals surface area contributed by atoms with E-state index >= 15 is 0 Å². The van der Waals surface area contributed by atoms with Gasteiger partial charge in [-0.05, 0) is 56.8 Å². The number of halogens is 1. The quantitative estimate of drug-likeness (QED) is 0.198. The van der Waals surface area contributed by atoms with Crippen molar-refractivity contribution in [2.24, 2.45) is 10.9 Å². The second-order valence-electron chi connectivity index (χ2n) is 7.94. The zero-order chi connectivity index (χ0) is 20.9. The third-order valence-electron chi connectivity index (χ3n) is 5.53. The number of hydrogen-bond acceptors (Lipinski definition) is 4. The summed E-state index contributed by atoms with van der Waals surface area (Å²) in [4.78, 5) is 6.59. The Kier molecular flexibility index (Phi) is 14.3. The fourth-order valence-electron chi connectivity index (χ4n) is 3.53. The standard InChI is InChI=1S/C23H40N4O2.HI/c1-5-19-7-9-21(10-8-19)22(27(3)4)17-26-23(24-2)25-13-6-14-29-18-20-11-15-28-16-12-20;/h7-10,20,22H,5-6,11-18H2,1-4H3,(H2,24,25,26);1H. The first-order chi connectivity index (χ1) is 14.1. The molecule has 0 amide bonds. The Balaban J connectivity index is 0.00000450. The van der Waals surface area contributed by atoms with Crippen LogP contribution in [0.4, 0.5) is 0 Å². The van der Waals surface area contributed by atoms with Gasteiger partial charge in [0, 0.05) is 46.6 Å². The van der Waals surface area contributed by atoms with E-state index in [4.69, 9.17) is 9.47 Å². The van der Waals surface area contributed by atoms with Crippen LogP contribution in [-0.4, -0.2) is 71.5 Å². The van der Waals surface area contributed by atoms with Gasteiger partial charge >= 0.3 is 0 Å². The van der Waals surface area contributed by atoms with Crippen LogP contribution in [0.2, 0.25) is 0 Å². The van der Waals surface area contributed by atoms with E-state index in [1.165, 1.54) is 11.1 Å². The van der Waals surface area contributed by atoms with Crippen molar-refractivity contribution in [3.63, 3.8) is 0 Å². The molecule has 1 heterocycles. The summed E-state index contributed by atoms with van der Waals surface area (Å²) >= 11 is 0. The predicted octanol–water partition coefficient (Wildman–Crippen LogP) is 3.47. The number of aryl methyl sites for hydroxylation is 1. The molecular formula is C23H41IN4O2. The predicted molar refractivity (Wildman–Crippen MR) is 136 cm³/mol. The van der Waals surface area contributed by atoms with Gasteiger partial charge in [-0.25, -0.2) is 0 Å². The van der Waals surface area contributed by atoms with Gasteiger partial charge in [-0.2, -0.15) is 0 Å². The molecule has 0 aromatic heterocycles. The lowest BCUT2D eigenvalue weighted by atomic mass is 10.0. The van der Waals surface area contributed by atoms with Crippen LogP contribution in [0.3, 0.4) is 0 Å². The van der Waals surface area contributed by atoms with E-state index in [-0.39, 0.29) is 24.0 Å². The number of likely N-dealkylation sites (N-methyl/N-ethyl adjacent to an activating group) is 1. The lowest BCUT2D eigenvalue weighted by molar-refractivity contribution is 0.0203. The highest BCUT2D eigenvalue weighted by atomic mass is 127. The lowest BCUT2D eigenvalue weighted by Crippen LogP contribution is -2.42. The van der Waals surface area contributed by atoms with E-state index in [0.29, 0.717) is 12.0 Å². The van der Waals surface area contributed by atoms with E-state index in [9.17, 15) is 0 Å². The number of nitrogens with one attached hydrogen (secondary N) is 2. The number of ether oxygens (including phenoxy) is 2. The summed E-state index contributed by atoms with van der Waals surface area (Å²) in [6, 6.07) is 9.20. The molecule has 0 spiro atoms. The molecule has 1 aromatic carbocycles. The third-order valence-corrected chi connectivity index (χ3v) is 5.53. The number of benzene rings is 1. The molecule has 0 radical (unpaired) electrons. The van der Waals surface area contributed by atoms with Crippen LogP contribution in [0, 0.1) is 5.92 Å². The largest absolute Gasteiger partial charge is 0.381 e. The van der Waals surface area contributed by atoms with Crippen LogP contribution < -0.4 is 10.6 Å². The van der Waals surface area contributed by atoms with Gasteiger partial charge in [-0.15, -0.1) is 24.0 Å². The fraction of sp³-hybridized carbons (Fsp3) is 0.696. The van der Waals surface area contributed by atoms with Crippen molar-refractivity contribution in [2.45, 2.75) is 38.6 Å². The van der Waals surface area contributed by atoms with Crippen molar-refractivity contribution in [1.29, 1.82) is 0 Å². The summed E-state index contributed by atoms with van der Waals surface area (Å²) < 4.78 is 11.2. The molecule has 1 aliphatic rings. The van der Waals surface area contributed by atoms with Crippen molar-refractivity contribution >= 4 is 29.9 Å². The van der Waals surface area contributed by atoms with Crippen molar-refractivity contribution < 1.29 is 9.47 Å². The second-order valence-corrected chi connectivity index (χ2v) is 7.94. The highest BCUT2D eigenvalue weighted by molar-refractivity contribution is 14.0. The van der Waals surface area contributed by atoms with Crippen LogP contribution in [0.15, 0.2) is 29.3 Å². The molecule has 1 aliphatic heterocycles. The van der Waals surface area contributed by atoms with Crippen LogP contribution in [-0.2, 0) is 15.9 Å². The normalized spacial score (nSPS) is 16.2. The molecule has 1 unspecified atom stereocenters. The van der Waals surface area contributed by atoms with Gasteiger partial charge in [0.25, 0.3) is 0 Å². The average Bonchev–Trinajstić information content (AvgIpc) is 2.75. The molecule has 1 aromatic rings. The molecule has 30 heavy (non-hydrogen) atoms. The molecule has 0 bridgehead atoms. The Morgan fingerprint density at radius 1 is 1.20 bits per heavy atom. The first-order valence-corrected chi connectivity index (χ1v) is 11.0. The summed E-state index contributed by atoms with van der Waals surface area (Å²) in [6.45, 7) is 7.25. The Morgan fingerprint density at radius 3 is 2.50 bits per heavy atom. The highest BCUT2D eigenvalue weighted by Gasteiger charge is 2.15. The Morgan fingerprint density at radius 2 is 1.90 bits per heavy atom. The molecule has 0 saturated carbocycles. The van der Waals surface area contributed by atoms with E-state index in [1.54, 1.807) is 0 Å². The van der Waals surface area contributed by atoms with E-state index in [0.717, 1.165) is 71.2 Å². The third kappa shape index (κ3) is 9.94. The monoisotopic (exact) mass is 532 g/mol. The maximum absolute atomic E-state index is 5.83. The minimum atomic E-state index is 0. The minimum absolute atomic E-state index is 0. The Bertz CT molecular complexity index is 589. The molecule has 172 valence electrons. The summed E-state index contributed by atoms with van der Waals surface area (Å²) in [6.07, 6.45) is 4.30. The Labute approximate surface area is 200 Å². The molecule has 6 nitrogen and oxygen atoms in total. The SMILES string of the molecule is CCc1ccc(C(CNC(=NC)NCCCOCC2CCOCC2)N(C)C)cc1.I. The van der Waals surface area contributed by atoms with Crippen molar-refractivity contribution in [3.05, 3.63) is 35.4 Å². The first-order valence-electron chi connectivity index (χ1n) is 11.0. The summed E-state index contributed by atoms with van der Waals surface area (Å²) in [7, 11) is 6.05. The molecular weight excluding hydrogens is 491 g/mol. The van der Waals surface area contributed by atoms with Crippen molar-refractivity contribution in [2.75, 3.05) is 60.7 Å². The van der Waals surface area contributed by atoms with Gasteiger partial charge in [0.1, 0.15) is 0 Å². The van der Waals surface area contributed by atoms with E-state index in [1.807, 2.05) is 7.05 Å². The zero-order valence-electron chi connectivity index (χ0n) is 19.2. The molecule has 0 aliphatic carbocycles. The summed E-state index contributed by atoms with van der Waals surface area (Å²) in [5.41, 5.74) is 2.69. The van der Waals surface area contributed by atoms with Gasteiger partial charge in [-0.1, -0.05) is 31.2 Å². The Hall–Kier alpha value is -0.900. The fourth-order valence-corrected chi connectivity index (χ4v) is 3.53. The number of nitrogens with zero attached hydrogens (tertiary/aromatic N) is 2. The van der Waals surface area contributed by atoms with Crippen LogP contribution in [0.5, 0.6) is 0 Å². The van der Waals surface area contributed by atoms with Gasteiger partial charge in [0.15, 0.2) is 5.96 Å². The van der Waals surface area contributed by atoms with Crippen molar-refractivity contribution in [3.8, 4) is 0 Å². The van der Waals surface area contributed by atoms with Gasteiger partial charge in [0.2, 0.25) is 0 Å². The molecule has 1 saturated heterocycles. The minimum Gasteiger partial charge on any atom is -0.381 e. The highest BCUT2D eigenvalue weighted by Crippen LogP contribution is 2.18. The van der Waals surface area contributed by atoms with Gasteiger partial charge in [0.05, 0.1) is 6.04 Å². The smallest absolute Gasteiger partial charge is 0.191 e. The lowest BCUT2D eigenvalue weighted by Gasteiger charge is -2.26. The number of aliphatic imine (C=N–C) groups is 1. The number of hydrogen-bond donors (Lipinski definition) is 2. The van der Waals surface area contributed by atoms with E-state index in [2.05, 4.69) is 65.8 Å². The van der Waals surface area contributed by atoms with Gasteiger partial charge < -0.3 is 25.0 Å². The number of rotatable bonds is 11. The molecule has 2 rings (SSSR count). The van der Waals surface area contributed by atoms with Crippen molar-refractivity contribution in [1.82, 2.24) is 15.5 Å². The molecule has 7 heteroatoms. The molecule has 1 fully saturated rings. The first kappa shape index (κ1) is 27.1. The topological polar surface area (TPSA) is 58.1 Å².